The molecule has 0 saturated heterocycles. The van der Waals surface area contributed by atoms with Crippen molar-refractivity contribution in [2.45, 2.75) is 26.5 Å². The van der Waals surface area contributed by atoms with Crippen LogP contribution in [0.5, 0.6) is 11.5 Å². The lowest BCUT2D eigenvalue weighted by molar-refractivity contribution is -0.0284. The Morgan fingerprint density at radius 2 is 1.60 bits per heavy atom. The highest BCUT2D eigenvalue weighted by atomic mass is 19.1. The maximum atomic E-state index is 11.9. The number of carbonyl (C=O) groups excluding carboxylic acids is 1. The fraction of sp³-hybridized carbons (Fsp3) is 0.316. The summed E-state index contributed by atoms with van der Waals surface area (Å²) in [5.74, 6) is 1.16. The molecule has 0 fully saturated rings. The molecule has 134 valence electrons. The summed E-state index contributed by atoms with van der Waals surface area (Å²) in [7, 11) is 0. The van der Waals surface area contributed by atoms with Crippen molar-refractivity contribution in [3.05, 3.63) is 59.7 Å². The van der Waals surface area contributed by atoms with Crippen molar-refractivity contribution in [1.29, 1.82) is 0 Å². The zero-order valence-electron chi connectivity index (χ0n) is 14.3. The number of alkyl halides is 1. The van der Waals surface area contributed by atoms with Crippen molar-refractivity contribution in [2.24, 2.45) is 0 Å². The molecule has 0 aromatic heterocycles. The highest BCUT2D eigenvalue weighted by Gasteiger charge is 2.06. The first-order valence-electron chi connectivity index (χ1n) is 7.97. The average molecular weight is 347 g/mol. The van der Waals surface area contributed by atoms with Gasteiger partial charge >= 0.3 is 0 Å². The minimum Gasteiger partial charge on any atom is -0.489 e. The van der Waals surface area contributed by atoms with E-state index in [4.69, 9.17) is 9.47 Å². The number of nitrogens with one attached hydrogen (secondary N) is 1. The first kappa shape index (κ1) is 18.7. The summed E-state index contributed by atoms with van der Waals surface area (Å²) in [6.45, 7) is 3.22. The highest BCUT2D eigenvalue weighted by Crippen LogP contribution is 2.19. The molecule has 1 N–H and O–H groups in total. The van der Waals surface area contributed by atoms with Crippen LogP contribution in [0.15, 0.2) is 48.5 Å². The van der Waals surface area contributed by atoms with Gasteiger partial charge in [0.2, 0.25) is 0 Å². The summed E-state index contributed by atoms with van der Waals surface area (Å²) in [5.41, 5.74) is 1.58. The lowest BCUT2D eigenvalue weighted by atomic mass is 10.1. The molecule has 0 saturated carbocycles. The van der Waals surface area contributed by atoms with E-state index in [2.05, 4.69) is 10.1 Å². The molecular weight excluding hydrogens is 325 g/mol. The standard InChI is InChI=1S/C19H22FNO4/c1-14(2)21-19(22)16-5-3-15(4-6-16)11-24-17-7-9-18(10-8-17)25-13-23-12-20/h3-10,14H,11-13H2,1-2H3,(H,21,22). The molecule has 0 bridgehead atoms. The molecule has 0 aliphatic rings. The van der Waals surface area contributed by atoms with Gasteiger partial charge in [0, 0.05) is 11.6 Å². The molecule has 0 spiro atoms. The molecule has 25 heavy (non-hydrogen) atoms. The first-order chi connectivity index (χ1) is 12.1. The summed E-state index contributed by atoms with van der Waals surface area (Å²) in [6.07, 6.45) is 0. The van der Waals surface area contributed by atoms with Crippen LogP contribution in [0.2, 0.25) is 0 Å². The molecule has 6 heteroatoms. The first-order valence-corrected chi connectivity index (χ1v) is 7.97. The predicted octanol–water partition coefficient (Wildman–Crippen LogP) is 3.68. The van der Waals surface area contributed by atoms with E-state index in [0.717, 1.165) is 5.56 Å². The van der Waals surface area contributed by atoms with Crippen molar-refractivity contribution < 1.29 is 23.4 Å². The molecule has 2 rings (SSSR count). The number of hydrogen-bond donors (Lipinski definition) is 1. The summed E-state index contributed by atoms with van der Waals surface area (Å²) >= 11 is 0. The third-order valence-electron chi connectivity index (χ3n) is 3.25. The summed E-state index contributed by atoms with van der Waals surface area (Å²) < 4.78 is 27.1. The molecule has 2 aromatic carbocycles. The third kappa shape index (κ3) is 6.43. The lowest BCUT2D eigenvalue weighted by Gasteiger charge is -2.10. The molecule has 0 atom stereocenters. The van der Waals surface area contributed by atoms with Crippen LogP contribution in [0, 0.1) is 0 Å². The van der Waals surface area contributed by atoms with Gasteiger partial charge in [-0.25, -0.2) is 4.39 Å². The summed E-state index contributed by atoms with van der Waals surface area (Å²) in [6, 6.07) is 14.3. The summed E-state index contributed by atoms with van der Waals surface area (Å²) in [5, 5.41) is 2.85. The van der Waals surface area contributed by atoms with Crippen molar-refractivity contribution in [3.63, 3.8) is 0 Å². The Morgan fingerprint density at radius 1 is 1.00 bits per heavy atom. The summed E-state index contributed by atoms with van der Waals surface area (Å²) in [4.78, 5) is 11.9. The van der Waals surface area contributed by atoms with Crippen LogP contribution >= 0.6 is 0 Å². The van der Waals surface area contributed by atoms with Crippen molar-refractivity contribution in [3.8, 4) is 11.5 Å². The second kappa shape index (κ2) is 9.64. The van der Waals surface area contributed by atoms with E-state index in [1.807, 2.05) is 26.0 Å². The predicted molar refractivity (Wildman–Crippen MR) is 92.4 cm³/mol. The second-order valence-electron chi connectivity index (χ2n) is 5.66. The fourth-order valence-corrected chi connectivity index (χ4v) is 2.04. The highest BCUT2D eigenvalue weighted by molar-refractivity contribution is 5.94. The molecule has 0 radical (unpaired) electrons. The van der Waals surface area contributed by atoms with E-state index in [1.54, 1.807) is 36.4 Å². The van der Waals surface area contributed by atoms with Gasteiger partial charge in [-0.15, -0.1) is 0 Å². The van der Waals surface area contributed by atoms with Crippen LogP contribution in [0.1, 0.15) is 29.8 Å². The zero-order chi connectivity index (χ0) is 18.1. The second-order valence-corrected chi connectivity index (χ2v) is 5.66. The fourth-order valence-electron chi connectivity index (χ4n) is 2.04. The van der Waals surface area contributed by atoms with E-state index >= 15 is 0 Å². The molecule has 0 aliphatic heterocycles. The van der Waals surface area contributed by atoms with E-state index in [9.17, 15) is 9.18 Å². The number of benzene rings is 2. The largest absolute Gasteiger partial charge is 0.489 e. The Labute approximate surface area is 146 Å². The van der Waals surface area contributed by atoms with Crippen LogP contribution < -0.4 is 14.8 Å². The van der Waals surface area contributed by atoms with Gasteiger partial charge in [0.05, 0.1) is 0 Å². The maximum Gasteiger partial charge on any atom is 0.251 e. The molecule has 0 aliphatic carbocycles. The van der Waals surface area contributed by atoms with Gasteiger partial charge in [-0.3, -0.25) is 4.79 Å². The van der Waals surface area contributed by atoms with Crippen molar-refractivity contribution in [1.82, 2.24) is 5.32 Å². The van der Waals surface area contributed by atoms with Crippen molar-refractivity contribution >= 4 is 5.91 Å². The Hall–Kier alpha value is -2.60. The van der Waals surface area contributed by atoms with E-state index in [1.165, 1.54) is 0 Å². The number of hydrogen-bond acceptors (Lipinski definition) is 4. The van der Waals surface area contributed by atoms with Crippen LogP contribution in [0.25, 0.3) is 0 Å². The topological polar surface area (TPSA) is 56.8 Å². The molecule has 5 nitrogen and oxygen atoms in total. The maximum absolute atomic E-state index is 11.9. The Balaban J connectivity index is 1.83. The van der Waals surface area contributed by atoms with Gasteiger partial charge < -0.3 is 19.5 Å². The van der Waals surface area contributed by atoms with Crippen LogP contribution in [0.3, 0.4) is 0 Å². The Kier molecular flexibility index (Phi) is 7.22. The van der Waals surface area contributed by atoms with Gasteiger partial charge in [-0.1, -0.05) is 12.1 Å². The smallest absolute Gasteiger partial charge is 0.251 e. The molecular formula is C19H22FNO4. The molecule has 1 amide bonds. The monoisotopic (exact) mass is 347 g/mol. The molecule has 0 heterocycles. The van der Waals surface area contributed by atoms with E-state index < -0.39 is 6.86 Å². The number of halogens is 1. The van der Waals surface area contributed by atoms with E-state index in [-0.39, 0.29) is 18.7 Å². The quantitative estimate of drug-likeness (QED) is 0.555. The number of amides is 1. The zero-order valence-corrected chi connectivity index (χ0v) is 14.3. The van der Waals surface area contributed by atoms with Crippen molar-refractivity contribution in [2.75, 3.05) is 13.7 Å². The van der Waals surface area contributed by atoms with Gasteiger partial charge in [-0.2, -0.15) is 0 Å². The van der Waals surface area contributed by atoms with Crippen LogP contribution in [-0.4, -0.2) is 25.6 Å². The van der Waals surface area contributed by atoms with Gasteiger partial charge in [0.1, 0.15) is 18.1 Å². The number of rotatable bonds is 9. The van der Waals surface area contributed by atoms with Crippen LogP contribution in [0.4, 0.5) is 4.39 Å². The third-order valence-corrected chi connectivity index (χ3v) is 3.25. The van der Waals surface area contributed by atoms with Gasteiger partial charge in [-0.05, 0) is 55.8 Å². The van der Waals surface area contributed by atoms with E-state index in [0.29, 0.717) is 23.7 Å². The lowest BCUT2D eigenvalue weighted by Crippen LogP contribution is -2.29. The molecule has 0 unspecified atom stereocenters. The normalized spacial score (nSPS) is 10.6. The molecule has 2 aromatic rings. The average Bonchev–Trinajstić information content (AvgIpc) is 2.61. The van der Waals surface area contributed by atoms with Gasteiger partial charge in [0.25, 0.3) is 5.91 Å². The van der Waals surface area contributed by atoms with Crippen LogP contribution in [-0.2, 0) is 11.3 Å². The Morgan fingerprint density at radius 3 is 2.16 bits per heavy atom. The number of carbonyl (C=O) groups is 1. The SMILES string of the molecule is CC(C)NC(=O)c1ccc(COc2ccc(OCOCF)cc2)cc1. The minimum absolute atomic E-state index is 0.0882. The minimum atomic E-state index is -0.876. The Bertz CT molecular complexity index is 656. The van der Waals surface area contributed by atoms with Gasteiger partial charge in [0.15, 0.2) is 13.7 Å². The number of ether oxygens (including phenoxy) is 3.